The third-order valence-corrected chi connectivity index (χ3v) is 4.56. The molecule has 3 rings (SSSR count). The summed E-state index contributed by atoms with van der Waals surface area (Å²) < 4.78 is 11.7. The topological polar surface area (TPSA) is 77.0 Å². The van der Waals surface area contributed by atoms with Crippen LogP contribution in [0.15, 0.2) is 82.4 Å². The lowest BCUT2D eigenvalue weighted by molar-refractivity contribution is -0.123. The second-order valence-corrected chi connectivity index (χ2v) is 7.32. The molecule has 0 saturated carbocycles. The summed E-state index contributed by atoms with van der Waals surface area (Å²) in [5.41, 5.74) is 3.26. The van der Waals surface area contributed by atoms with Crippen molar-refractivity contribution in [1.82, 2.24) is 5.43 Å². The number of nitrogens with one attached hydrogen (secondary N) is 1. The van der Waals surface area contributed by atoms with Gasteiger partial charge < -0.3 is 9.47 Å². The van der Waals surface area contributed by atoms with Gasteiger partial charge in [0.05, 0.1) is 11.8 Å². The van der Waals surface area contributed by atoms with E-state index in [1.54, 1.807) is 60.7 Å². The zero-order valence-electron chi connectivity index (χ0n) is 15.5. The molecule has 6 nitrogen and oxygen atoms in total. The summed E-state index contributed by atoms with van der Waals surface area (Å²) in [7, 11) is 0. The van der Waals surface area contributed by atoms with Crippen LogP contribution < -0.4 is 14.9 Å². The highest BCUT2D eigenvalue weighted by atomic mass is 79.9. The first-order valence-electron chi connectivity index (χ1n) is 8.78. The van der Waals surface area contributed by atoms with E-state index in [0.29, 0.717) is 27.6 Å². The van der Waals surface area contributed by atoms with Gasteiger partial charge in [-0.3, -0.25) is 4.79 Å². The number of para-hydroxylation sites is 1. The van der Waals surface area contributed by atoms with Crippen molar-refractivity contribution in [1.29, 1.82) is 0 Å². The fourth-order valence-corrected chi connectivity index (χ4v) is 2.70. The van der Waals surface area contributed by atoms with Gasteiger partial charge in [-0.2, -0.15) is 5.10 Å². The Labute approximate surface area is 186 Å². The van der Waals surface area contributed by atoms with Crippen LogP contribution in [0.3, 0.4) is 0 Å². The van der Waals surface area contributed by atoms with Gasteiger partial charge in [-0.1, -0.05) is 39.7 Å². The summed E-state index contributed by atoms with van der Waals surface area (Å²) in [6.45, 7) is -0.188. The summed E-state index contributed by atoms with van der Waals surface area (Å²) in [5, 5.41) is 4.43. The van der Waals surface area contributed by atoms with Crippen LogP contribution in [0, 0.1) is 0 Å². The maximum Gasteiger partial charge on any atom is 0.343 e. The zero-order valence-corrected chi connectivity index (χ0v) is 17.9. The van der Waals surface area contributed by atoms with E-state index in [9.17, 15) is 9.59 Å². The van der Waals surface area contributed by atoms with Gasteiger partial charge in [0.1, 0.15) is 11.5 Å². The maximum atomic E-state index is 12.3. The average molecular weight is 488 g/mol. The number of rotatable bonds is 7. The van der Waals surface area contributed by atoms with E-state index >= 15 is 0 Å². The van der Waals surface area contributed by atoms with Crippen LogP contribution in [0.2, 0.25) is 5.02 Å². The molecule has 0 heterocycles. The second kappa shape index (κ2) is 10.6. The van der Waals surface area contributed by atoms with E-state index in [1.807, 2.05) is 12.1 Å². The molecule has 0 unspecified atom stereocenters. The van der Waals surface area contributed by atoms with Crippen molar-refractivity contribution in [3.63, 3.8) is 0 Å². The molecular formula is C22H16BrClN2O4. The minimum absolute atomic E-state index is 0.188. The first kappa shape index (κ1) is 21.5. The Morgan fingerprint density at radius 1 is 1.00 bits per heavy atom. The van der Waals surface area contributed by atoms with Crippen LogP contribution in [0.4, 0.5) is 0 Å². The van der Waals surface area contributed by atoms with Crippen molar-refractivity contribution in [3.8, 4) is 11.5 Å². The first-order chi connectivity index (χ1) is 14.5. The molecule has 1 amide bonds. The molecule has 0 saturated heterocycles. The van der Waals surface area contributed by atoms with Gasteiger partial charge in [0, 0.05) is 15.1 Å². The number of ether oxygens (including phenoxy) is 2. The summed E-state index contributed by atoms with van der Waals surface area (Å²) in [6, 6.07) is 20.3. The molecule has 0 aromatic heterocycles. The number of esters is 1. The molecule has 0 atom stereocenters. The lowest BCUT2D eigenvalue weighted by Crippen LogP contribution is -2.24. The zero-order chi connectivity index (χ0) is 21.3. The van der Waals surface area contributed by atoms with Crippen molar-refractivity contribution in [2.24, 2.45) is 5.10 Å². The highest BCUT2D eigenvalue weighted by Gasteiger charge is 2.11. The third kappa shape index (κ3) is 6.43. The van der Waals surface area contributed by atoms with Crippen LogP contribution >= 0.6 is 27.5 Å². The predicted octanol–water partition coefficient (Wildman–Crippen LogP) is 4.85. The third-order valence-electron chi connectivity index (χ3n) is 3.78. The standard InChI is InChI=1S/C22H16BrClN2O4/c23-17-7-11-19(12-8-17)29-14-21(27)26-25-13-16-3-1-2-4-20(16)30-22(28)15-5-9-18(24)10-6-15/h1-13H,14H2,(H,26,27)/b25-13+. The van der Waals surface area contributed by atoms with E-state index in [2.05, 4.69) is 26.5 Å². The molecule has 0 aliphatic carbocycles. The molecule has 0 fully saturated rings. The van der Waals surface area contributed by atoms with Crippen LogP contribution in [-0.4, -0.2) is 24.7 Å². The van der Waals surface area contributed by atoms with Crippen molar-refractivity contribution in [2.45, 2.75) is 0 Å². The number of hydrogen-bond donors (Lipinski definition) is 1. The number of hydrogen-bond acceptors (Lipinski definition) is 5. The molecule has 152 valence electrons. The minimum Gasteiger partial charge on any atom is -0.484 e. The summed E-state index contributed by atoms with van der Waals surface area (Å²) in [5.74, 6) is -0.0809. The van der Waals surface area contributed by atoms with E-state index in [4.69, 9.17) is 21.1 Å². The molecule has 1 N–H and O–H groups in total. The van der Waals surface area contributed by atoms with E-state index in [0.717, 1.165) is 4.47 Å². The van der Waals surface area contributed by atoms with Crippen LogP contribution in [0.5, 0.6) is 11.5 Å². The van der Waals surface area contributed by atoms with Gasteiger partial charge >= 0.3 is 5.97 Å². The average Bonchev–Trinajstić information content (AvgIpc) is 2.75. The Morgan fingerprint density at radius 3 is 2.43 bits per heavy atom. The maximum absolute atomic E-state index is 12.3. The Morgan fingerprint density at radius 2 is 1.70 bits per heavy atom. The van der Waals surface area contributed by atoms with Crippen molar-refractivity contribution >= 4 is 45.6 Å². The van der Waals surface area contributed by atoms with Gasteiger partial charge in [0.15, 0.2) is 6.61 Å². The van der Waals surface area contributed by atoms with E-state index < -0.39 is 11.9 Å². The number of carbonyl (C=O) groups is 2. The smallest absolute Gasteiger partial charge is 0.343 e. The van der Waals surface area contributed by atoms with E-state index in [-0.39, 0.29) is 6.61 Å². The van der Waals surface area contributed by atoms with Crippen LogP contribution in [-0.2, 0) is 4.79 Å². The van der Waals surface area contributed by atoms with Crippen molar-refractivity contribution in [2.75, 3.05) is 6.61 Å². The lowest BCUT2D eigenvalue weighted by atomic mass is 10.2. The largest absolute Gasteiger partial charge is 0.484 e. The SMILES string of the molecule is O=C(COc1ccc(Br)cc1)N/N=C/c1ccccc1OC(=O)c1ccc(Cl)cc1. The van der Waals surface area contributed by atoms with Gasteiger partial charge in [-0.25, -0.2) is 10.2 Å². The highest BCUT2D eigenvalue weighted by molar-refractivity contribution is 9.10. The molecular weight excluding hydrogens is 472 g/mol. The highest BCUT2D eigenvalue weighted by Crippen LogP contribution is 2.19. The number of nitrogens with zero attached hydrogens (tertiary/aromatic N) is 1. The number of benzene rings is 3. The Balaban J connectivity index is 1.56. The molecule has 0 spiro atoms. The molecule has 0 radical (unpaired) electrons. The number of amides is 1. The Hall–Kier alpha value is -3.16. The van der Waals surface area contributed by atoms with Gasteiger partial charge in [0.2, 0.25) is 0 Å². The van der Waals surface area contributed by atoms with Gasteiger partial charge in [-0.15, -0.1) is 0 Å². The summed E-state index contributed by atoms with van der Waals surface area (Å²) in [4.78, 5) is 24.2. The number of halogens is 2. The van der Waals surface area contributed by atoms with Crippen LogP contribution in [0.1, 0.15) is 15.9 Å². The normalized spacial score (nSPS) is 10.6. The quantitative estimate of drug-likeness (QED) is 0.224. The van der Waals surface area contributed by atoms with Crippen LogP contribution in [0.25, 0.3) is 0 Å². The van der Waals surface area contributed by atoms with Gasteiger partial charge in [-0.05, 0) is 60.7 Å². The fourth-order valence-electron chi connectivity index (χ4n) is 2.31. The Kier molecular flexibility index (Phi) is 7.59. The summed E-state index contributed by atoms with van der Waals surface area (Å²) in [6.07, 6.45) is 1.39. The molecule has 3 aromatic rings. The minimum atomic E-state index is -0.528. The van der Waals surface area contributed by atoms with Gasteiger partial charge in [0.25, 0.3) is 5.91 Å². The first-order valence-corrected chi connectivity index (χ1v) is 9.95. The van der Waals surface area contributed by atoms with Crippen molar-refractivity contribution < 1.29 is 19.1 Å². The molecule has 8 heteroatoms. The molecule has 3 aromatic carbocycles. The summed E-state index contributed by atoms with van der Waals surface area (Å²) >= 11 is 9.16. The second-order valence-electron chi connectivity index (χ2n) is 5.97. The molecule has 0 aliphatic heterocycles. The number of hydrazone groups is 1. The van der Waals surface area contributed by atoms with E-state index in [1.165, 1.54) is 6.21 Å². The predicted molar refractivity (Wildman–Crippen MR) is 118 cm³/mol. The van der Waals surface area contributed by atoms with Crippen molar-refractivity contribution in [3.05, 3.63) is 93.4 Å². The monoisotopic (exact) mass is 486 g/mol. The molecule has 0 aliphatic rings. The number of carbonyl (C=O) groups excluding carboxylic acids is 2. The Bertz CT molecular complexity index is 1050. The molecule has 30 heavy (non-hydrogen) atoms. The fraction of sp³-hybridized carbons (Fsp3) is 0.0455. The lowest BCUT2D eigenvalue weighted by Gasteiger charge is -2.07. The molecule has 0 bridgehead atoms.